The van der Waals surface area contributed by atoms with Gasteiger partial charge in [0, 0.05) is 28.8 Å². The second-order valence-corrected chi connectivity index (χ2v) is 7.11. The monoisotopic (exact) mass is 401 g/mol. The Morgan fingerprint density at radius 2 is 1.70 bits per heavy atom. The summed E-state index contributed by atoms with van der Waals surface area (Å²) in [5.41, 5.74) is 6.03. The number of anilines is 1. The summed E-state index contributed by atoms with van der Waals surface area (Å²) in [6.45, 7) is 6.02. The molecule has 30 heavy (non-hydrogen) atoms. The highest BCUT2D eigenvalue weighted by molar-refractivity contribution is 5.98. The van der Waals surface area contributed by atoms with E-state index in [1.807, 2.05) is 69.3 Å². The first-order chi connectivity index (χ1) is 14.5. The van der Waals surface area contributed by atoms with Gasteiger partial charge in [-0.1, -0.05) is 43.3 Å². The van der Waals surface area contributed by atoms with Gasteiger partial charge < -0.3 is 15.2 Å². The summed E-state index contributed by atoms with van der Waals surface area (Å²) in [7, 11) is 0. The molecule has 1 heterocycles. The lowest BCUT2D eigenvalue weighted by Crippen LogP contribution is -2.31. The van der Waals surface area contributed by atoms with E-state index in [1.165, 1.54) is 6.08 Å². The van der Waals surface area contributed by atoms with Crippen LogP contribution in [0.5, 0.6) is 0 Å². The summed E-state index contributed by atoms with van der Waals surface area (Å²) in [5.74, 6) is -0.557. The Morgan fingerprint density at radius 3 is 2.43 bits per heavy atom. The smallest absolute Gasteiger partial charge is 0.244 e. The zero-order valence-corrected chi connectivity index (χ0v) is 17.6. The van der Waals surface area contributed by atoms with Crippen molar-refractivity contribution in [3.63, 3.8) is 0 Å². The van der Waals surface area contributed by atoms with Gasteiger partial charge in [-0.25, -0.2) is 0 Å². The Labute approximate surface area is 177 Å². The highest BCUT2D eigenvalue weighted by Crippen LogP contribution is 2.21. The zero-order chi connectivity index (χ0) is 21.5. The lowest BCUT2D eigenvalue weighted by molar-refractivity contribution is -0.121. The first kappa shape index (κ1) is 21.1. The number of hydrogen-bond acceptors (Lipinski definition) is 2. The van der Waals surface area contributed by atoms with Gasteiger partial charge in [-0.15, -0.1) is 0 Å². The van der Waals surface area contributed by atoms with Gasteiger partial charge in [-0.05, 0) is 61.7 Å². The molecule has 0 bridgehead atoms. The van der Waals surface area contributed by atoms with Gasteiger partial charge in [0.25, 0.3) is 0 Å². The van der Waals surface area contributed by atoms with Crippen LogP contribution in [0, 0.1) is 13.8 Å². The van der Waals surface area contributed by atoms with Crippen molar-refractivity contribution in [3.8, 4) is 5.69 Å². The average Bonchev–Trinajstić information content (AvgIpc) is 3.04. The maximum absolute atomic E-state index is 12.2. The van der Waals surface area contributed by atoms with E-state index in [0.29, 0.717) is 0 Å². The first-order valence-electron chi connectivity index (χ1n) is 10.1. The van der Waals surface area contributed by atoms with Gasteiger partial charge in [0.05, 0.1) is 6.54 Å². The summed E-state index contributed by atoms with van der Waals surface area (Å²) in [5, 5.41) is 5.49. The molecule has 154 valence electrons. The number of amides is 2. The second-order valence-electron chi connectivity index (χ2n) is 7.11. The topological polar surface area (TPSA) is 63.1 Å². The lowest BCUT2D eigenvalue weighted by Gasteiger charge is -2.10. The minimum absolute atomic E-state index is 0.0791. The summed E-state index contributed by atoms with van der Waals surface area (Å²) in [4.78, 5) is 24.3. The van der Waals surface area contributed by atoms with E-state index in [2.05, 4.69) is 27.3 Å². The Hall–Kier alpha value is -3.60. The molecule has 1 aromatic heterocycles. The molecule has 0 aliphatic rings. The Kier molecular flexibility index (Phi) is 6.86. The molecule has 0 atom stereocenters. The number of nitrogens with one attached hydrogen (secondary N) is 2. The Bertz CT molecular complexity index is 1070. The minimum Gasteiger partial charge on any atom is -0.343 e. The van der Waals surface area contributed by atoms with Crippen LogP contribution in [0.2, 0.25) is 0 Å². The summed E-state index contributed by atoms with van der Waals surface area (Å²) < 4.78 is 2.15. The molecular formula is C25H27N3O2. The molecule has 0 unspecified atom stereocenters. The van der Waals surface area contributed by atoms with Crippen LogP contribution in [0.1, 0.15) is 29.4 Å². The van der Waals surface area contributed by atoms with E-state index < -0.39 is 0 Å². The number of carbonyl (C=O) groups excluding carboxylic acids is 2. The maximum Gasteiger partial charge on any atom is 0.244 e. The van der Waals surface area contributed by atoms with Crippen molar-refractivity contribution in [1.82, 2.24) is 9.88 Å². The molecule has 2 amide bonds. The van der Waals surface area contributed by atoms with E-state index >= 15 is 0 Å². The number of aromatic nitrogens is 1. The molecule has 0 saturated heterocycles. The number of benzene rings is 2. The van der Waals surface area contributed by atoms with E-state index in [4.69, 9.17) is 0 Å². The molecule has 0 spiro atoms. The summed E-state index contributed by atoms with van der Waals surface area (Å²) in [6, 6.07) is 19.8. The van der Waals surface area contributed by atoms with E-state index in [-0.39, 0.29) is 18.4 Å². The van der Waals surface area contributed by atoms with Crippen LogP contribution in [-0.4, -0.2) is 22.9 Å². The fraction of sp³-hybridized carbons (Fsp3) is 0.200. The van der Waals surface area contributed by atoms with Crippen LogP contribution in [0.4, 0.5) is 5.69 Å². The lowest BCUT2D eigenvalue weighted by atomic mass is 10.1. The van der Waals surface area contributed by atoms with Crippen molar-refractivity contribution in [2.75, 3.05) is 11.9 Å². The van der Waals surface area contributed by atoms with Crippen molar-refractivity contribution in [2.24, 2.45) is 0 Å². The molecule has 5 heteroatoms. The number of nitrogens with zero attached hydrogens (tertiary/aromatic N) is 1. The molecular weight excluding hydrogens is 374 g/mol. The Balaban J connectivity index is 1.59. The standard InChI is InChI=1S/C25H27N3O2/c1-4-20-10-8-9-13-23(20)27-25(30)17-26-24(29)15-14-21-16-18(2)28(19(21)3)22-11-6-5-7-12-22/h5-16H,4,17H2,1-3H3,(H,26,29)(H,27,30)/b15-14+. The van der Waals surface area contributed by atoms with E-state index in [1.54, 1.807) is 6.08 Å². The number of para-hydroxylation sites is 2. The molecule has 3 aromatic rings. The number of carbonyl (C=O) groups is 2. The van der Waals surface area contributed by atoms with Gasteiger partial charge in [0.2, 0.25) is 11.8 Å². The largest absolute Gasteiger partial charge is 0.343 e. The fourth-order valence-corrected chi connectivity index (χ4v) is 3.47. The normalized spacial score (nSPS) is 10.9. The molecule has 0 radical (unpaired) electrons. The van der Waals surface area contributed by atoms with Crippen LogP contribution in [-0.2, 0) is 16.0 Å². The zero-order valence-electron chi connectivity index (χ0n) is 17.6. The maximum atomic E-state index is 12.2. The average molecular weight is 402 g/mol. The minimum atomic E-state index is -0.307. The van der Waals surface area contributed by atoms with Crippen LogP contribution in [0.25, 0.3) is 11.8 Å². The molecule has 0 saturated carbocycles. The van der Waals surface area contributed by atoms with Gasteiger partial charge >= 0.3 is 0 Å². The summed E-state index contributed by atoms with van der Waals surface area (Å²) >= 11 is 0. The van der Waals surface area contributed by atoms with E-state index in [9.17, 15) is 9.59 Å². The summed E-state index contributed by atoms with van der Waals surface area (Å²) in [6.07, 6.45) is 4.07. The van der Waals surface area contributed by atoms with E-state index in [0.717, 1.165) is 40.3 Å². The predicted octanol–water partition coefficient (Wildman–Crippen LogP) is 4.42. The predicted molar refractivity (Wildman–Crippen MR) is 122 cm³/mol. The highest BCUT2D eigenvalue weighted by atomic mass is 16.2. The molecule has 0 fully saturated rings. The molecule has 2 N–H and O–H groups in total. The van der Waals surface area contributed by atoms with Crippen LogP contribution >= 0.6 is 0 Å². The number of rotatable bonds is 7. The third-order valence-corrected chi connectivity index (χ3v) is 4.99. The second kappa shape index (κ2) is 9.74. The van der Waals surface area contributed by atoms with Gasteiger partial charge in [-0.2, -0.15) is 0 Å². The van der Waals surface area contributed by atoms with Crippen LogP contribution in [0.15, 0.2) is 66.7 Å². The molecule has 0 aliphatic carbocycles. The van der Waals surface area contributed by atoms with Crippen molar-refractivity contribution in [3.05, 3.63) is 89.3 Å². The fourth-order valence-electron chi connectivity index (χ4n) is 3.47. The third-order valence-electron chi connectivity index (χ3n) is 4.99. The van der Waals surface area contributed by atoms with Crippen LogP contribution in [0.3, 0.4) is 0 Å². The molecule has 3 rings (SSSR count). The molecule has 0 aliphatic heterocycles. The molecule has 2 aromatic carbocycles. The number of aryl methyl sites for hydroxylation is 2. The third kappa shape index (κ3) is 5.06. The SMILES string of the molecule is CCc1ccccc1NC(=O)CNC(=O)/C=C/c1cc(C)n(-c2ccccc2)c1C. The van der Waals surface area contributed by atoms with Crippen molar-refractivity contribution >= 4 is 23.6 Å². The van der Waals surface area contributed by atoms with Gasteiger partial charge in [-0.3, -0.25) is 9.59 Å². The number of hydrogen-bond donors (Lipinski definition) is 2. The first-order valence-corrected chi connectivity index (χ1v) is 10.1. The van der Waals surface area contributed by atoms with Gasteiger partial charge in [0.15, 0.2) is 0 Å². The van der Waals surface area contributed by atoms with Crippen molar-refractivity contribution in [1.29, 1.82) is 0 Å². The quantitative estimate of drug-likeness (QED) is 0.576. The van der Waals surface area contributed by atoms with Crippen molar-refractivity contribution < 1.29 is 9.59 Å². The van der Waals surface area contributed by atoms with Crippen molar-refractivity contribution in [2.45, 2.75) is 27.2 Å². The van der Waals surface area contributed by atoms with Crippen LogP contribution < -0.4 is 10.6 Å². The molecule has 5 nitrogen and oxygen atoms in total. The van der Waals surface area contributed by atoms with Gasteiger partial charge in [0.1, 0.15) is 0 Å². The Morgan fingerprint density at radius 1 is 1.00 bits per heavy atom. The highest BCUT2D eigenvalue weighted by Gasteiger charge is 2.10.